The van der Waals surface area contributed by atoms with Crippen LogP contribution in [0.25, 0.3) is 0 Å². The number of rotatable bonds is 79. The summed E-state index contributed by atoms with van der Waals surface area (Å²) in [5.41, 5.74) is 0. The smallest absolute Gasteiger partial charge is 0.463 e. The van der Waals surface area contributed by atoms with E-state index in [-0.39, 0.29) is 25.7 Å². The molecule has 3 aliphatic rings. The SMILES string of the molecule is CCCCCC/C=C\CCCCCCCCCC(=O)OCC(COP(=O)(O)OC1C(OC2OC(CO)C(O)C(O)C2O)C(O)C(O)C(OC(=O)CCCCCCCCC/C=C\CCCCCC)C1OC1OC(COC(=O)CCCCCCCCCCCCCCCCCC)C(O)C(O)C1O)OC(=O)CCCCCCCCCCCCCCCCC. The van der Waals surface area contributed by atoms with E-state index in [0.717, 1.165) is 161 Å². The van der Waals surface area contributed by atoms with Crippen LogP contribution in [0, 0.1) is 0 Å². The van der Waals surface area contributed by atoms with Crippen molar-refractivity contribution in [1.29, 1.82) is 0 Å². The average Bonchev–Trinajstić information content (AvgIpc) is 0.753. The molecule has 0 bridgehead atoms. The van der Waals surface area contributed by atoms with Gasteiger partial charge in [-0.05, 0) is 77.0 Å². The number of carbonyl (C=O) groups excluding carboxylic acids is 4. The average molecular weight is 1730 g/mol. The van der Waals surface area contributed by atoms with Gasteiger partial charge in [-0.25, -0.2) is 4.57 Å². The molecular formula is C94H173O25P. The van der Waals surface area contributed by atoms with E-state index >= 15 is 0 Å². The Morgan fingerprint density at radius 2 is 0.625 bits per heavy atom. The van der Waals surface area contributed by atoms with Crippen LogP contribution in [0.4, 0.5) is 0 Å². The van der Waals surface area contributed by atoms with Gasteiger partial charge in [0.15, 0.2) is 24.8 Å². The van der Waals surface area contributed by atoms with Gasteiger partial charge in [0.25, 0.3) is 0 Å². The molecule has 10 N–H and O–H groups in total. The Morgan fingerprint density at radius 1 is 0.325 bits per heavy atom. The van der Waals surface area contributed by atoms with Crippen LogP contribution >= 0.6 is 7.82 Å². The fourth-order valence-electron chi connectivity index (χ4n) is 16.0. The molecule has 3 fully saturated rings. The molecule has 0 spiro atoms. The van der Waals surface area contributed by atoms with Gasteiger partial charge in [0, 0.05) is 25.7 Å². The number of hydrogen-bond donors (Lipinski definition) is 10. The third-order valence-corrected chi connectivity index (χ3v) is 24.7. The van der Waals surface area contributed by atoms with Gasteiger partial charge in [-0.1, -0.05) is 341 Å². The summed E-state index contributed by atoms with van der Waals surface area (Å²) in [7, 11) is -5.81. The topological polar surface area (TPSA) is 380 Å². The van der Waals surface area contributed by atoms with Crippen LogP contribution in [0.2, 0.25) is 0 Å². The molecule has 18 atom stereocenters. The highest BCUT2D eigenvalue weighted by Crippen LogP contribution is 2.49. The number of phosphoric acid groups is 1. The Labute approximate surface area is 724 Å². The van der Waals surface area contributed by atoms with Gasteiger partial charge in [0.05, 0.1) is 13.2 Å². The number of allylic oxidation sites excluding steroid dienone is 4. The Bertz CT molecular complexity index is 2580. The third-order valence-electron chi connectivity index (χ3n) is 23.7. The Balaban J connectivity index is 1.90. The number of phosphoric ester groups is 1. The van der Waals surface area contributed by atoms with Crippen LogP contribution in [-0.2, 0) is 70.7 Å². The van der Waals surface area contributed by atoms with Crippen molar-refractivity contribution in [3.05, 3.63) is 24.3 Å². The third kappa shape index (κ3) is 52.3. The first-order valence-corrected chi connectivity index (χ1v) is 50.1. The highest BCUT2D eigenvalue weighted by atomic mass is 31.2. The second-order valence-electron chi connectivity index (χ2n) is 34.6. The summed E-state index contributed by atoms with van der Waals surface area (Å²) < 4.78 is 73.5. The maximum atomic E-state index is 14.9. The predicted molar refractivity (Wildman–Crippen MR) is 467 cm³/mol. The van der Waals surface area contributed by atoms with Gasteiger partial charge >= 0.3 is 31.7 Å². The van der Waals surface area contributed by atoms with Crippen LogP contribution in [0.15, 0.2) is 24.3 Å². The quantitative estimate of drug-likeness (QED) is 0.00889. The zero-order valence-electron chi connectivity index (χ0n) is 75.1. The van der Waals surface area contributed by atoms with Crippen LogP contribution < -0.4 is 0 Å². The highest BCUT2D eigenvalue weighted by molar-refractivity contribution is 7.47. The minimum absolute atomic E-state index is 0.0173. The lowest BCUT2D eigenvalue weighted by Crippen LogP contribution is -2.70. The molecule has 1 saturated carbocycles. The van der Waals surface area contributed by atoms with Gasteiger partial charge in [-0.3, -0.25) is 28.2 Å². The number of ether oxygens (including phenoxy) is 8. The zero-order chi connectivity index (χ0) is 87.5. The highest BCUT2D eigenvalue weighted by Gasteiger charge is 2.60. The van der Waals surface area contributed by atoms with E-state index in [1.165, 1.54) is 173 Å². The maximum absolute atomic E-state index is 14.9. The molecule has 120 heavy (non-hydrogen) atoms. The van der Waals surface area contributed by atoms with Crippen molar-refractivity contribution in [2.45, 2.75) is 524 Å². The number of aliphatic hydroxyl groups is 9. The first kappa shape index (κ1) is 111. The molecule has 0 aromatic carbocycles. The second-order valence-corrected chi connectivity index (χ2v) is 36.0. The molecule has 704 valence electrons. The number of aliphatic hydroxyl groups excluding tert-OH is 9. The second kappa shape index (κ2) is 72.9. The molecule has 2 saturated heterocycles. The fraction of sp³-hybridized carbons (Fsp3) is 0.915. The van der Waals surface area contributed by atoms with Crippen molar-refractivity contribution < 1.29 is 122 Å². The van der Waals surface area contributed by atoms with Gasteiger partial charge in [0.1, 0.15) is 92.6 Å². The summed E-state index contributed by atoms with van der Waals surface area (Å²) in [5.74, 6) is -2.96. The fourth-order valence-corrected chi connectivity index (χ4v) is 16.9. The maximum Gasteiger partial charge on any atom is 0.472 e. The minimum atomic E-state index is -5.81. The van der Waals surface area contributed by atoms with Crippen molar-refractivity contribution >= 4 is 31.7 Å². The van der Waals surface area contributed by atoms with Crippen molar-refractivity contribution in [1.82, 2.24) is 0 Å². The lowest BCUT2D eigenvalue weighted by molar-refractivity contribution is -0.360. The molecule has 1 aliphatic carbocycles. The lowest BCUT2D eigenvalue weighted by atomic mass is 9.84. The van der Waals surface area contributed by atoms with E-state index in [9.17, 15) is 74.6 Å². The molecule has 25 nitrogen and oxygen atoms in total. The summed E-state index contributed by atoms with van der Waals surface area (Å²) in [6, 6.07) is 0. The minimum Gasteiger partial charge on any atom is -0.463 e. The number of esters is 4. The van der Waals surface area contributed by atoms with Crippen LogP contribution in [0.3, 0.4) is 0 Å². The predicted octanol–water partition coefficient (Wildman–Crippen LogP) is 18.5. The van der Waals surface area contributed by atoms with Crippen molar-refractivity contribution in [2.24, 2.45) is 0 Å². The first-order valence-electron chi connectivity index (χ1n) is 48.6. The van der Waals surface area contributed by atoms with Crippen molar-refractivity contribution in [2.75, 3.05) is 26.4 Å². The van der Waals surface area contributed by atoms with Crippen molar-refractivity contribution in [3.8, 4) is 0 Å². The standard InChI is InChI=1S/C94H173O25P/c1-5-9-13-17-21-25-29-33-37-41-43-47-51-55-59-63-67-78(97)111-73-76-82(101)84(103)88(107)94(115-76)118-91-89(116-80(99)69-65-61-57-53-49-45-40-36-32-28-24-20-16-12-8-4)85(104)86(105)90(117-93-87(106)83(102)81(100)75(70-95)114-93)92(91)119-120(108,109)112-72-74(113-79(98)68-64-60-56-52-48-44-39-35-31-27-23-19-15-11-7-3)71-110-77(96)66-62-58-54-50-46-42-38-34-30-26-22-18-14-10-6-2/h26,28,30,32,74-76,81-95,100-107H,5-25,27,29,31,33-73H2,1-4H3,(H,108,109)/b30-26-,32-28-. The van der Waals surface area contributed by atoms with Crippen molar-refractivity contribution in [3.63, 3.8) is 0 Å². The van der Waals surface area contributed by atoms with Crippen LogP contribution in [0.1, 0.15) is 419 Å². The van der Waals surface area contributed by atoms with E-state index in [4.69, 9.17) is 46.9 Å². The molecule has 26 heteroatoms. The van der Waals surface area contributed by atoms with Gasteiger partial charge < -0.3 is 88.7 Å². The van der Waals surface area contributed by atoms with E-state index in [2.05, 4.69) is 52.0 Å². The molecule has 2 heterocycles. The van der Waals surface area contributed by atoms with E-state index in [0.29, 0.717) is 32.1 Å². The van der Waals surface area contributed by atoms with Crippen LogP contribution in [0.5, 0.6) is 0 Å². The summed E-state index contributed by atoms with van der Waals surface area (Å²) in [6.07, 6.45) is 34.3. The molecule has 3 rings (SSSR count). The van der Waals surface area contributed by atoms with Gasteiger partial charge in [0.2, 0.25) is 0 Å². The van der Waals surface area contributed by atoms with E-state index in [1.807, 2.05) is 0 Å². The Hall–Kier alpha value is -3.05. The molecule has 0 amide bonds. The Kier molecular flexibility index (Phi) is 67.5. The largest absolute Gasteiger partial charge is 0.472 e. The molecule has 18 unspecified atom stereocenters. The van der Waals surface area contributed by atoms with Gasteiger partial charge in [-0.2, -0.15) is 0 Å². The van der Waals surface area contributed by atoms with E-state index in [1.54, 1.807) is 0 Å². The number of hydrogen-bond acceptors (Lipinski definition) is 24. The molecular weight excluding hydrogens is 1560 g/mol. The summed E-state index contributed by atoms with van der Waals surface area (Å²) in [4.78, 5) is 66.6. The lowest BCUT2D eigenvalue weighted by Gasteiger charge is -2.50. The molecule has 0 aromatic heterocycles. The van der Waals surface area contributed by atoms with E-state index < -0.39 is 162 Å². The zero-order valence-corrected chi connectivity index (χ0v) is 76.0. The number of unbranched alkanes of at least 4 members (excludes halogenated alkanes) is 51. The monoisotopic (exact) mass is 1730 g/mol. The summed E-state index contributed by atoms with van der Waals surface area (Å²) in [6.45, 7) is 5.60. The first-order chi connectivity index (χ1) is 58.2. The van der Waals surface area contributed by atoms with Gasteiger partial charge in [-0.15, -0.1) is 0 Å². The molecule has 0 radical (unpaired) electrons. The normalized spacial score (nSPS) is 24.8. The molecule has 0 aromatic rings. The summed E-state index contributed by atoms with van der Waals surface area (Å²) in [5, 5.41) is 102. The van der Waals surface area contributed by atoms with Crippen LogP contribution in [-0.4, -0.2) is 205 Å². The summed E-state index contributed by atoms with van der Waals surface area (Å²) >= 11 is 0. The molecule has 2 aliphatic heterocycles. The Morgan fingerprint density at radius 3 is 1.00 bits per heavy atom. The number of carbonyl (C=O) groups is 4.